The molecule has 1 aromatic heterocycles. The van der Waals surface area contributed by atoms with E-state index in [1.165, 1.54) is 0 Å². The summed E-state index contributed by atoms with van der Waals surface area (Å²) in [5.41, 5.74) is 0.840. The number of carbonyl (C=O) groups is 1. The van der Waals surface area contributed by atoms with E-state index >= 15 is 0 Å². The first-order valence-corrected chi connectivity index (χ1v) is 10.4. The third kappa shape index (κ3) is 4.89. The van der Waals surface area contributed by atoms with Crippen LogP contribution in [0.3, 0.4) is 0 Å². The predicted molar refractivity (Wildman–Crippen MR) is 107 cm³/mol. The molecular weight excluding hydrogens is 362 g/mol. The number of carbonyl (C=O) groups excluding carboxylic acids is 1. The van der Waals surface area contributed by atoms with Crippen LogP contribution in [0.15, 0.2) is 28.8 Å². The van der Waals surface area contributed by atoms with Gasteiger partial charge in [-0.2, -0.15) is 4.98 Å². The van der Waals surface area contributed by atoms with Crippen LogP contribution in [-0.4, -0.2) is 34.0 Å². The molecule has 0 aliphatic carbocycles. The summed E-state index contributed by atoms with van der Waals surface area (Å²) >= 11 is 6.05. The van der Waals surface area contributed by atoms with Gasteiger partial charge in [0.1, 0.15) is 0 Å². The zero-order valence-corrected chi connectivity index (χ0v) is 16.9. The Kier molecular flexibility index (Phi) is 6.89. The molecule has 1 fully saturated rings. The van der Waals surface area contributed by atoms with Crippen molar-refractivity contribution in [1.29, 1.82) is 0 Å². The van der Waals surface area contributed by atoms with Crippen LogP contribution in [0.25, 0.3) is 11.4 Å². The normalized spacial score (nSPS) is 18.5. The molecule has 2 atom stereocenters. The van der Waals surface area contributed by atoms with Gasteiger partial charge in [0.2, 0.25) is 17.6 Å². The SMILES string of the molecule is CCCC[C@H](CC)C(=O)N1CCC[C@@H](c2nc(-c3cccc(Cl)c3)no2)C1. The second-order valence-corrected chi connectivity index (χ2v) is 7.77. The van der Waals surface area contributed by atoms with Crippen molar-refractivity contribution in [2.45, 2.75) is 58.3 Å². The largest absolute Gasteiger partial charge is 0.342 e. The summed E-state index contributed by atoms with van der Waals surface area (Å²) in [6.45, 7) is 5.77. The Morgan fingerprint density at radius 2 is 2.26 bits per heavy atom. The Bertz CT molecular complexity index is 761. The fourth-order valence-electron chi connectivity index (χ4n) is 3.74. The van der Waals surface area contributed by atoms with E-state index in [4.69, 9.17) is 16.1 Å². The second-order valence-electron chi connectivity index (χ2n) is 7.34. The van der Waals surface area contributed by atoms with Crippen LogP contribution in [0.4, 0.5) is 0 Å². The summed E-state index contributed by atoms with van der Waals surface area (Å²) in [6, 6.07) is 7.43. The van der Waals surface area contributed by atoms with Crippen LogP contribution in [0.5, 0.6) is 0 Å². The molecule has 1 aromatic carbocycles. The van der Waals surface area contributed by atoms with E-state index in [0.29, 0.717) is 23.3 Å². The molecule has 0 radical (unpaired) electrons. The third-order valence-corrected chi connectivity index (χ3v) is 5.59. The van der Waals surface area contributed by atoms with E-state index in [1.807, 2.05) is 29.2 Å². The highest BCUT2D eigenvalue weighted by Gasteiger charge is 2.31. The van der Waals surface area contributed by atoms with Gasteiger partial charge < -0.3 is 9.42 Å². The smallest absolute Gasteiger partial charge is 0.231 e. The van der Waals surface area contributed by atoms with E-state index in [-0.39, 0.29) is 17.7 Å². The van der Waals surface area contributed by atoms with E-state index in [0.717, 1.165) is 50.6 Å². The maximum absolute atomic E-state index is 12.9. The lowest BCUT2D eigenvalue weighted by Gasteiger charge is -2.33. The van der Waals surface area contributed by atoms with Crippen molar-refractivity contribution in [3.63, 3.8) is 0 Å². The summed E-state index contributed by atoms with van der Waals surface area (Å²) in [4.78, 5) is 19.5. The number of halogens is 1. The molecule has 1 amide bonds. The van der Waals surface area contributed by atoms with Crippen molar-refractivity contribution in [2.24, 2.45) is 5.92 Å². The van der Waals surface area contributed by atoms with Gasteiger partial charge in [0.15, 0.2) is 0 Å². The standard InChI is InChI=1S/C21H28ClN3O2/c1-3-5-8-15(4-2)21(26)25-12-7-10-17(14-25)20-23-19(24-27-20)16-9-6-11-18(22)13-16/h6,9,11,13,15,17H,3-5,7-8,10,12,14H2,1-2H3/t15-,17+/m0/s1. The Balaban J connectivity index is 1.68. The Hall–Kier alpha value is -1.88. The van der Waals surface area contributed by atoms with E-state index in [1.54, 1.807) is 0 Å². The van der Waals surface area contributed by atoms with Crippen molar-refractivity contribution in [3.05, 3.63) is 35.2 Å². The van der Waals surface area contributed by atoms with Gasteiger partial charge in [-0.25, -0.2) is 0 Å². The molecule has 5 nitrogen and oxygen atoms in total. The topological polar surface area (TPSA) is 59.2 Å². The lowest BCUT2D eigenvalue weighted by Crippen LogP contribution is -2.42. The Morgan fingerprint density at radius 1 is 1.41 bits per heavy atom. The van der Waals surface area contributed by atoms with Gasteiger partial charge in [-0.1, -0.05) is 55.6 Å². The summed E-state index contributed by atoms with van der Waals surface area (Å²) in [5.74, 6) is 1.68. The van der Waals surface area contributed by atoms with Crippen LogP contribution in [-0.2, 0) is 4.79 Å². The average Bonchev–Trinajstić information content (AvgIpc) is 3.19. The predicted octanol–water partition coefficient (Wildman–Crippen LogP) is 5.31. The monoisotopic (exact) mass is 389 g/mol. The molecule has 0 N–H and O–H groups in total. The zero-order chi connectivity index (χ0) is 19.2. The molecule has 3 rings (SSSR count). The molecule has 27 heavy (non-hydrogen) atoms. The molecule has 1 saturated heterocycles. The fraction of sp³-hybridized carbons (Fsp3) is 0.571. The molecule has 1 aliphatic rings. The number of benzene rings is 1. The average molecular weight is 390 g/mol. The first-order chi connectivity index (χ1) is 13.1. The van der Waals surface area contributed by atoms with E-state index < -0.39 is 0 Å². The van der Waals surface area contributed by atoms with Gasteiger partial charge in [0.05, 0.1) is 5.92 Å². The van der Waals surface area contributed by atoms with Gasteiger partial charge in [0.25, 0.3) is 0 Å². The number of rotatable bonds is 7. The third-order valence-electron chi connectivity index (χ3n) is 5.36. The van der Waals surface area contributed by atoms with Crippen molar-refractivity contribution < 1.29 is 9.32 Å². The minimum Gasteiger partial charge on any atom is -0.342 e. The number of piperidine rings is 1. The molecule has 0 unspecified atom stereocenters. The lowest BCUT2D eigenvalue weighted by atomic mass is 9.93. The molecule has 6 heteroatoms. The van der Waals surface area contributed by atoms with Crippen molar-refractivity contribution in [3.8, 4) is 11.4 Å². The maximum Gasteiger partial charge on any atom is 0.231 e. The van der Waals surface area contributed by atoms with Crippen molar-refractivity contribution in [1.82, 2.24) is 15.0 Å². The van der Waals surface area contributed by atoms with Crippen LogP contribution in [0.2, 0.25) is 5.02 Å². The quantitative estimate of drug-likeness (QED) is 0.643. The van der Waals surface area contributed by atoms with Crippen LogP contribution < -0.4 is 0 Å². The Morgan fingerprint density at radius 3 is 3.00 bits per heavy atom. The highest BCUT2D eigenvalue weighted by molar-refractivity contribution is 6.30. The van der Waals surface area contributed by atoms with Gasteiger partial charge in [-0.3, -0.25) is 4.79 Å². The van der Waals surface area contributed by atoms with Gasteiger partial charge in [-0.15, -0.1) is 0 Å². The molecule has 0 spiro atoms. The Labute approximate surface area is 166 Å². The summed E-state index contributed by atoms with van der Waals surface area (Å²) in [6.07, 6.45) is 6.04. The van der Waals surface area contributed by atoms with Crippen molar-refractivity contribution in [2.75, 3.05) is 13.1 Å². The highest BCUT2D eigenvalue weighted by Crippen LogP contribution is 2.29. The summed E-state index contributed by atoms with van der Waals surface area (Å²) in [5, 5.41) is 4.76. The number of hydrogen-bond donors (Lipinski definition) is 0. The number of hydrogen-bond acceptors (Lipinski definition) is 4. The molecule has 146 valence electrons. The first kappa shape index (κ1) is 19.9. The lowest BCUT2D eigenvalue weighted by molar-refractivity contribution is -0.137. The van der Waals surface area contributed by atoms with E-state index in [2.05, 4.69) is 24.0 Å². The van der Waals surface area contributed by atoms with Crippen LogP contribution in [0, 0.1) is 5.92 Å². The zero-order valence-electron chi connectivity index (χ0n) is 16.2. The van der Waals surface area contributed by atoms with E-state index in [9.17, 15) is 4.79 Å². The maximum atomic E-state index is 12.9. The highest BCUT2D eigenvalue weighted by atomic mass is 35.5. The van der Waals surface area contributed by atoms with Gasteiger partial charge in [0, 0.05) is 29.6 Å². The number of unbranched alkanes of at least 4 members (excludes halogenated alkanes) is 1. The van der Waals surface area contributed by atoms with Crippen LogP contribution >= 0.6 is 11.6 Å². The van der Waals surface area contributed by atoms with Gasteiger partial charge >= 0.3 is 0 Å². The molecule has 1 aliphatic heterocycles. The van der Waals surface area contributed by atoms with Gasteiger partial charge in [-0.05, 0) is 37.8 Å². The van der Waals surface area contributed by atoms with Crippen molar-refractivity contribution >= 4 is 17.5 Å². The number of aromatic nitrogens is 2. The molecular formula is C21H28ClN3O2. The molecule has 0 bridgehead atoms. The summed E-state index contributed by atoms with van der Waals surface area (Å²) in [7, 11) is 0. The number of amides is 1. The molecule has 2 aromatic rings. The van der Waals surface area contributed by atoms with Crippen LogP contribution in [0.1, 0.15) is 64.2 Å². The second kappa shape index (κ2) is 9.36. The number of nitrogens with zero attached hydrogens (tertiary/aromatic N) is 3. The molecule has 2 heterocycles. The first-order valence-electron chi connectivity index (χ1n) is 10.0. The number of likely N-dealkylation sites (tertiary alicyclic amines) is 1. The minimum absolute atomic E-state index is 0.104. The fourth-order valence-corrected chi connectivity index (χ4v) is 3.93. The summed E-state index contributed by atoms with van der Waals surface area (Å²) < 4.78 is 5.54. The minimum atomic E-state index is 0.104. The molecule has 0 saturated carbocycles.